The van der Waals surface area contributed by atoms with Crippen molar-refractivity contribution in [1.29, 1.82) is 0 Å². The van der Waals surface area contributed by atoms with Gasteiger partial charge in [0.15, 0.2) is 5.78 Å². The number of aromatic hydroxyl groups is 1. The minimum Gasteiger partial charge on any atom is -0.508 e. The van der Waals surface area contributed by atoms with Crippen LogP contribution in [0.25, 0.3) is 0 Å². The number of hydrogen-bond donors (Lipinski definition) is 2. The number of carbonyl (C=O) groups excluding carboxylic acids is 2. The molecule has 0 aliphatic heterocycles. The Hall–Kier alpha value is -2.40. The van der Waals surface area contributed by atoms with Crippen molar-refractivity contribution >= 4 is 33.3 Å². The first-order valence-electron chi connectivity index (χ1n) is 6.12. The second-order valence-corrected chi connectivity index (χ2v) is 5.16. The van der Waals surface area contributed by atoms with Gasteiger partial charge in [-0.2, -0.15) is 0 Å². The maximum atomic E-state index is 11.8. The van der Waals surface area contributed by atoms with Crippen molar-refractivity contribution < 1.29 is 14.7 Å². The zero-order chi connectivity index (χ0) is 15.2. The van der Waals surface area contributed by atoms with Crippen LogP contribution in [0.3, 0.4) is 0 Å². The molecule has 0 saturated carbocycles. The smallest absolute Gasteiger partial charge is 0.248 e. The lowest BCUT2D eigenvalue weighted by Crippen LogP contribution is -2.08. The van der Waals surface area contributed by atoms with E-state index in [1.807, 2.05) is 0 Å². The lowest BCUT2D eigenvalue weighted by molar-refractivity contribution is -0.111. The lowest BCUT2D eigenvalue weighted by Gasteiger charge is -2.01. The minimum atomic E-state index is -0.411. The Labute approximate surface area is 130 Å². The van der Waals surface area contributed by atoms with Gasteiger partial charge >= 0.3 is 0 Å². The standard InChI is InChI=1S/C16H12BrNO3/c17-12-3-1-11(2-4-12)15(20)9-10-16(21)18-13-5-7-14(19)8-6-13/h1-10,19H,(H,18,21)/b10-9+. The summed E-state index contributed by atoms with van der Waals surface area (Å²) >= 11 is 3.29. The molecule has 2 rings (SSSR count). The molecule has 0 radical (unpaired) electrons. The fourth-order valence-corrected chi connectivity index (χ4v) is 1.85. The number of ketones is 1. The third kappa shape index (κ3) is 4.57. The van der Waals surface area contributed by atoms with Gasteiger partial charge in [-0.15, -0.1) is 0 Å². The van der Waals surface area contributed by atoms with Gasteiger partial charge < -0.3 is 10.4 Å². The Bertz CT molecular complexity index is 676. The Balaban J connectivity index is 1.96. The van der Waals surface area contributed by atoms with Crippen molar-refractivity contribution in [3.05, 3.63) is 70.7 Å². The molecule has 2 aromatic carbocycles. The first kappa shape index (κ1) is 15.0. The van der Waals surface area contributed by atoms with Gasteiger partial charge in [0.25, 0.3) is 0 Å². The molecule has 0 spiro atoms. The molecular formula is C16H12BrNO3. The van der Waals surface area contributed by atoms with Gasteiger partial charge in [-0.05, 0) is 54.6 Å². The second-order valence-electron chi connectivity index (χ2n) is 4.24. The Kier molecular flexibility index (Phi) is 4.90. The van der Waals surface area contributed by atoms with Crippen LogP contribution >= 0.6 is 15.9 Å². The molecule has 106 valence electrons. The van der Waals surface area contributed by atoms with Crippen molar-refractivity contribution in [3.8, 4) is 5.75 Å². The molecule has 21 heavy (non-hydrogen) atoms. The van der Waals surface area contributed by atoms with E-state index in [1.165, 1.54) is 24.3 Å². The SMILES string of the molecule is O=C(/C=C/C(=O)c1ccc(Br)cc1)Nc1ccc(O)cc1. The third-order valence-electron chi connectivity index (χ3n) is 2.65. The predicted octanol–water partition coefficient (Wildman–Crippen LogP) is 3.53. The van der Waals surface area contributed by atoms with Gasteiger partial charge in [-0.1, -0.05) is 15.9 Å². The van der Waals surface area contributed by atoms with Crippen LogP contribution in [0.5, 0.6) is 5.75 Å². The van der Waals surface area contributed by atoms with Crippen molar-refractivity contribution in [2.45, 2.75) is 0 Å². The molecule has 0 unspecified atom stereocenters. The Morgan fingerprint density at radius 2 is 1.57 bits per heavy atom. The van der Waals surface area contributed by atoms with Gasteiger partial charge in [0.1, 0.15) is 5.75 Å². The van der Waals surface area contributed by atoms with E-state index >= 15 is 0 Å². The summed E-state index contributed by atoms with van der Waals surface area (Å²) in [4.78, 5) is 23.5. The summed E-state index contributed by atoms with van der Waals surface area (Å²) in [5.74, 6) is -0.538. The fraction of sp³-hybridized carbons (Fsp3) is 0. The number of carbonyl (C=O) groups is 2. The fourth-order valence-electron chi connectivity index (χ4n) is 1.59. The maximum absolute atomic E-state index is 11.8. The number of phenolic OH excluding ortho intramolecular Hbond substituents is 1. The van der Waals surface area contributed by atoms with E-state index in [1.54, 1.807) is 36.4 Å². The summed E-state index contributed by atoms with van der Waals surface area (Å²) in [6, 6.07) is 12.9. The van der Waals surface area contributed by atoms with Crippen LogP contribution in [0.4, 0.5) is 5.69 Å². The number of phenols is 1. The third-order valence-corrected chi connectivity index (χ3v) is 3.18. The van der Waals surface area contributed by atoms with Crippen molar-refractivity contribution in [2.75, 3.05) is 5.32 Å². The van der Waals surface area contributed by atoms with E-state index in [0.717, 1.165) is 4.47 Å². The van der Waals surface area contributed by atoms with Crippen molar-refractivity contribution in [1.82, 2.24) is 0 Å². The van der Waals surface area contributed by atoms with Crippen molar-refractivity contribution in [3.63, 3.8) is 0 Å². The second kappa shape index (κ2) is 6.85. The van der Waals surface area contributed by atoms with E-state index < -0.39 is 5.91 Å². The summed E-state index contributed by atoms with van der Waals surface area (Å²) in [5.41, 5.74) is 1.05. The van der Waals surface area contributed by atoms with E-state index in [-0.39, 0.29) is 11.5 Å². The molecule has 0 atom stereocenters. The highest BCUT2D eigenvalue weighted by Crippen LogP contribution is 2.14. The van der Waals surface area contributed by atoms with Crippen LogP contribution in [0, 0.1) is 0 Å². The lowest BCUT2D eigenvalue weighted by atomic mass is 10.1. The molecule has 2 N–H and O–H groups in total. The van der Waals surface area contributed by atoms with E-state index in [4.69, 9.17) is 5.11 Å². The minimum absolute atomic E-state index is 0.119. The molecule has 0 bridgehead atoms. The van der Waals surface area contributed by atoms with E-state index in [0.29, 0.717) is 11.3 Å². The summed E-state index contributed by atoms with van der Waals surface area (Å²) in [5, 5.41) is 11.7. The molecule has 1 amide bonds. The Morgan fingerprint density at radius 3 is 2.19 bits per heavy atom. The van der Waals surface area contributed by atoms with Crippen LogP contribution in [-0.4, -0.2) is 16.8 Å². The molecule has 0 heterocycles. The molecule has 2 aromatic rings. The first-order valence-corrected chi connectivity index (χ1v) is 6.92. The van der Waals surface area contributed by atoms with Gasteiger partial charge in [-0.3, -0.25) is 9.59 Å². The molecule has 0 fully saturated rings. The highest BCUT2D eigenvalue weighted by atomic mass is 79.9. The summed E-state index contributed by atoms with van der Waals surface area (Å²) < 4.78 is 0.883. The van der Waals surface area contributed by atoms with Crippen LogP contribution in [0.1, 0.15) is 10.4 Å². The molecule has 4 nitrogen and oxygen atoms in total. The average Bonchev–Trinajstić information content (AvgIpc) is 2.48. The van der Waals surface area contributed by atoms with Crippen LogP contribution in [0.15, 0.2) is 65.2 Å². The quantitative estimate of drug-likeness (QED) is 0.506. The zero-order valence-electron chi connectivity index (χ0n) is 10.9. The number of allylic oxidation sites excluding steroid dienone is 1. The van der Waals surface area contributed by atoms with E-state index in [2.05, 4.69) is 21.2 Å². The molecule has 0 aliphatic carbocycles. The number of hydrogen-bond acceptors (Lipinski definition) is 3. The highest BCUT2D eigenvalue weighted by Gasteiger charge is 2.03. The van der Waals surface area contributed by atoms with Crippen LogP contribution in [-0.2, 0) is 4.79 Å². The van der Waals surface area contributed by atoms with Crippen molar-refractivity contribution in [2.24, 2.45) is 0 Å². The largest absolute Gasteiger partial charge is 0.508 e. The molecular weight excluding hydrogens is 334 g/mol. The summed E-state index contributed by atoms with van der Waals surface area (Å²) in [6.45, 7) is 0. The van der Waals surface area contributed by atoms with Crippen LogP contribution in [0.2, 0.25) is 0 Å². The number of rotatable bonds is 4. The number of anilines is 1. The molecule has 5 heteroatoms. The van der Waals surface area contributed by atoms with Gasteiger partial charge in [-0.25, -0.2) is 0 Å². The molecule has 0 saturated heterocycles. The number of amides is 1. The topological polar surface area (TPSA) is 66.4 Å². The normalized spacial score (nSPS) is 10.5. The van der Waals surface area contributed by atoms with Gasteiger partial charge in [0.2, 0.25) is 5.91 Å². The maximum Gasteiger partial charge on any atom is 0.248 e. The molecule has 0 aliphatic rings. The summed E-state index contributed by atoms with van der Waals surface area (Å²) in [7, 11) is 0. The monoisotopic (exact) mass is 345 g/mol. The summed E-state index contributed by atoms with van der Waals surface area (Å²) in [6.07, 6.45) is 2.40. The Morgan fingerprint density at radius 1 is 0.952 bits per heavy atom. The van der Waals surface area contributed by atoms with E-state index in [9.17, 15) is 9.59 Å². The predicted molar refractivity (Wildman–Crippen MR) is 84.3 cm³/mol. The van der Waals surface area contributed by atoms with Crippen LogP contribution < -0.4 is 5.32 Å². The average molecular weight is 346 g/mol. The molecule has 0 aromatic heterocycles. The number of benzene rings is 2. The first-order chi connectivity index (χ1) is 10.0. The number of nitrogens with one attached hydrogen (secondary N) is 1. The zero-order valence-corrected chi connectivity index (χ0v) is 12.5. The highest BCUT2D eigenvalue weighted by molar-refractivity contribution is 9.10. The number of halogens is 1. The van der Waals surface area contributed by atoms with Gasteiger partial charge in [0.05, 0.1) is 0 Å². The van der Waals surface area contributed by atoms with Gasteiger partial charge in [0, 0.05) is 21.8 Å².